The first-order valence-electron chi connectivity index (χ1n) is 3.37. The van der Waals surface area contributed by atoms with Gasteiger partial charge in [-0.3, -0.25) is 0 Å². The molecule has 0 rings (SSSR count). The van der Waals surface area contributed by atoms with E-state index in [1.54, 1.807) is 0 Å². The Labute approximate surface area is 70.6 Å². The summed E-state index contributed by atoms with van der Waals surface area (Å²) in [6.07, 6.45) is 3.27. The lowest BCUT2D eigenvalue weighted by atomic mass is 10.2. The molecule has 0 aromatic heterocycles. The van der Waals surface area contributed by atoms with Gasteiger partial charge in [0, 0.05) is 5.38 Å². The van der Waals surface area contributed by atoms with E-state index in [0.29, 0.717) is 6.42 Å². The first-order chi connectivity index (χ1) is 5.13. The Morgan fingerprint density at radius 3 is 2.91 bits per heavy atom. The fourth-order valence-corrected chi connectivity index (χ4v) is 0.696. The van der Waals surface area contributed by atoms with Gasteiger partial charge in [0.25, 0.3) is 5.09 Å². The number of hydrogen-bond acceptors (Lipinski definition) is 3. The fourth-order valence-electron chi connectivity index (χ4n) is 0.570. The molecule has 0 N–H and O–H groups in total. The molecule has 5 heteroatoms. The van der Waals surface area contributed by atoms with Gasteiger partial charge < -0.3 is 4.84 Å². The van der Waals surface area contributed by atoms with Crippen molar-refractivity contribution in [2.24, 2.45) is 0 Å². The monoisotopic (exact) mass is 180 g/mol. The number of unbranched alkanes of at least 4 members (excludes halogenated alkanes) is 1. The SMILES string of the molecule is CC(Cl)[CH]CCCO[N+](=O)[O-]. The first-order valence-corrected chi connectivity index (χ1v) is 3.81. The molecule has 0 fully saturated rings. The molecule has 0 bridgehead atoms. The third-order valence-corrected chi connectivity index (χ3v) is 1.21. The van der Waals surface area contributed by atoms with Gasteiger partial charge in [-0.15, -0.1) is 21.7 Å². The van der Waals surface area contributed by atoms with Gasteiger partial charge >= 0.3 is 0 Å². The van der Waals surface area contributed by atoms with E-state index in [-0.39, 0.29) is 12.0 Å². The zero-order chi connectivity index (χ0) is 8.69. The van der Waals surface area contributed by atoms with Crippen molar-refractivity contribution in [3.8, 4) is 0 Å². The van der Waals surface area contributed by atoms with Crippen LogP contribution in [0.2, 0.25) is 0 Å². The van der Waals surface area contributed by atoms with Crippen LogP contribution >= 0.6 is 11.6 Å². The molecule has 0 amide bonds. The van der Waals surface area contributed by atoms with Crippen LogP contribution in [0.25, 0.3) is 0 Å². The largest absolute Gasteiger partial charge is 0.314 e. The second kappa shape index (κ2) is 6.22. The van der Waals surface area contributed by atoms with Crippen molar-refractivity contribution in [1.29, 1.82) is 0 Å². The van der Waals surface area contributed by atoms with Gasteiger partial charge in [0.2, 0.25) is 0 Å². The van der Waals surface area contributed by atoms with E-state index >= 15 is 0 Å². The smallest absolute Gasteiger partial charge is 0.294 e. The maximum Gasteiger partial charge on any atom is 0.294 e. The summed E-state index contributed by atoms with van der Waals surface area (Å²) in [7, 11) is 0. The molecule has 0 saturated heterocycles. The number of rotatable bonds is 6. The molecule has 11 heavy (non-hydrogen) atoms. The van der Waals surface area contributed by atoms with Gasteiger partial charge in [0.15, 0.2) is 0 Å². The fraction of sp³-hybridized carbons (Fsp3) is 0.833. The Hall–Kier alpha value is -0.510. The highest BCUT2D eigenvalue weighted by molar-refractivity contribution is 6.21. The number of hydrogen-bond donors (Lipinski definition) is 0. The van der Waals surface area contributed by atoms with Crippen molar-refractivity contribution in [2.45, 2.75) is 25.1 Å². The second-order valence-corrected chi connectivity index (χ2v) is 2.80. The minimum atomic E-state index is -0.788. The number of halogens is 1. The summed E-state index contributed by atoms with van der Waals surface area (Å²) in [5, 5.41) is 8.87. The lowest BCUT2D eigenvalue weighted by Gasteiger charge is -2.00. The summed E-state index contributed by atoms with van der Waals surface area (Å²) >= 11 is 5.59. The van der Waals surface area contributed by atoms with Gasteiger partial charge in [-0.05, 0) is 26.2 Å². The molecule has 65 valence electrons. The van der Waals surface area contributed by atoms with Gasteiger partial charge in [0.1, 0.15) is 0 Å². The van der Waals surface area contributed by atoms with Crippen LogP contribution in [0.1, 0.15) is 19.8 Å². The standard InChI is InChI=1S/C6H11ClNO3/c1-6(7)4-2-3-5-11-8(9)10/h4,6H,2-3,5H2,1H3. The van der Waals surface area contributed by atoms with Crippen LogP contribution in [0.15, 0.2) is 0 Å². The van der Waals surface area contributed by atoms with Crippen LogP contribution in [-0.4, -0.2) is 17.1 Å². The van der Waals surface area contributed by atoms with Gasteiger partial charge in [-0.25, -0.2) is 0 Å². The molecule has 0 aliphatic heterocycles. The maximum absolute atomic E-state index is 9.64. The molecule has 4 nitrogen and oxygen atoms in total. The van der Waals surface area contributed by atoms with Crippen molar-refractivity contribution < 1.29 is 9.92 Å². The lowest BCUT2D eigenvalue weighted by Crippen LogP contribution is -2.02. The predicted molar refractivity (Wildman–Crippen MR) is 41.8 cm³/mol. The molecule has 0 aliphatic rings. The van der Waals surface area contributed by atoms with Crippen LogP contribution in [-0.2, 0) is 4.84 Å². The van der Waals surface area contributed by atoms with Crippen molar-refractivity contribution in [3.05, 3.63) is 16.5 Å². The van der Waals surface area contributed by atoms with Crippen LogP contribution in [0, 0.1) is 16.5 Å². The summed E-state index contributed by atoms with van der Waals surface area (Å²) in [6.45, 7) is 1.99. The Morgan fingerprint density at radius 2 is 2.45 bits per heavy atom. The van der Waals surface area contributed by atoms with Crippen LogP contribution < -0.4 is 0 Å². The average molecular weight is 181 g/mol. The summed E-state index contributed by atoms with van der Waals surface area (Å²) < 4.78 is 0. The van der Waals surface area contributed by atoms with E-state index in [9.17, 15) is 10.1 Å². The Bertz CT molecular complexity index is 118. The molecule has 0 aromatic carbocycles. The Kier molecular flexibility index (Phi) is 5.93. The van der Waals surface area contributed by atoms with Crippen LogP contribution in [0.4, 0.5) is 0 Å². The van der Waals surface area contributed by atoms with E-state index in [1.807, 2.05) is 13.3 Å². The van der Waals surface area contributed by atoms with E-state index in [2.05, 4.69) is 4.84 Å². The zero-order valence-corrected chi connectivity index (χ0v) is 7.08. The first kappa shape index (κ1) is 10.5. The highest BCUT2D eigenvalue weighted by Crippen LogP contribution is 2.04. The van der Waals surface area contributed by atoms with E-state index < -0.39 is 5.09 Å². The minimum absolute atomic E-state index is 0.0191. The molecular formula is C6H11ClNO3. The summed E-state index contributed by atoms with van der Waals surface area (Å²) in [6, 6.07) is 0. The molecule has 0 spiro atoms. The lowest BCUT2D eigenvalue weighted by molar-refractivity contribution is -0.757. The normalized spacial score (nSPS) is 12.5. The molecule has 1 unspecified atom stereocenters. The zero-order valence-electron chi connectivity index (χ0n) is 6.33. The van der Waals surface area contributed by atoms with Crippen molar-refractivity contribution in [1.82, 2.24) is 0 Å². The molecule has 0 aliphatic carbocycles. The highest BCUT2D eigenvalue weighted by atomic mass is 35.5. The van der Waals surface area contributed by atoms with Crippen molar-refractivity contribution in [3.63, 3.8) is 0 Å². The van der Waals surface area contributed by atoms with E-state index in [0.717, 1.165) is 6.42 Å². The minimum Gasteiger partial charge on any atom is -0.314 e. The summed E-state index contributed by atoms with van der Waals surface area (Å²) in [4.78, 5) is 13.7. The highest BCUT2D eigenvalue weighted by Gasteiger charge is 1.97. The van der Waals surface area contributed by atoms with Gasteiger partial charge in [0.05, 0.1) is 6.61 Å². The summed E-state index contributed by atoms with van der Waals surface area (Å²) in [5.41, 5.74) is 0. The van der Waals surface area contributed by atoms with Gasteiger partial charge in [-0.1, -0.05) is 0 Å². The quantitative estimate of drug-likeness (QED) is 0.271. The molecule has 1 radical (unpaired) electrons. The molecule has 0 aromatic rings. The summed E-state index contributed by atoms with van der Waals surface area (Å²) in [5.74, 6) is 0. The molecule has 0 saturated carbocycles. The number of alkyl halides is 1. The molecular weight excluding hydrogens is 170 g/mol. The Balaban J connectivity index is 2.97. The predicted octanol–water partition coefficient (Wildman–Crippen LogP) is 1.81. The van der Waals surface area contributed by atoms with Crippen molar-refractivity contribution >= 4 is 11.6 Å². The number of nitrogens with zero attached hydrogens (tertiary/aromatic N) is 1. The van der Waals surface area contributed by atoms with Crippen molar-refractivity contribution in [2.75, 3.05) is 6.61 Å². The van der Waals surface area contributed by atoms with E-state index in [1.165, 1.54) is 0 Å². The third-order valence-electron chi connectivity index (χ3n) is 1.04. The van der Waals surface area contributed by atoms with Crippen LogP contribution in [0.5, 0.6) is 0 Å². The molecule has 1 atom stereocenters. The third kappa shape index (κ3) is 9.49. The van der Waals surface area contributed by atoms with Crippen LogP contribution in [0.3, 0.4) is 0 Å². The molecule has 0 heterocycles. The van der Waals surface area contributed by atoms with E-state index in [4.69, 9.17) is 11.6 Å². The van der Waals surface area contributed by atoms with Gasteiger partial charge in [-0.2, -0.15) is 0 Å². The Morgan fingerprint density at radius 1 is 1.82 bits per heavy atom. The average Bonchev–Trinajstić information content (AvgIpc) is 1.85. The second-order valence-electron chi connectivity index (χ2n) is 2.11. The maximum atomic E-state index is 9.64. The topological polar surface area (TPSA) is 52.4 Å².